The predicted octanol–water partition coefficient (Wildman–Crippen LogP) is 5.64. The molecule has 4 rings (SSSR count). The molecule has 4 aromatic rings. The smallest absolute Gasteiger partial charge is 0.205 e. The zero-order chi connectivity index (χ0) is 18.1. The first-order chi connectivity index (χ1) is 12.6. The third-order valence-electron chi connectivity index (χ3n) is 4.26. The topological polar surface area (TPSA) is 43.9 Å². The van der Waals surface area contributed by atoms with Crippen LogP contribution in [0.1, 0.15) is 22.9 Å². The van der Waals surface area contributed by atoms with E-state index in [-0.39, 0.29) is 0 Å². The SMILES string of the molecule is Cc1nc(CSc2nc3cc(Cl)ccc3n2Cc2ccccc2)oc1C. The van der Waals surface area contributed by atoms with E-state index in [0.717, 1.165) is 40.1 Å². The monoisotopic (exact) mass is 383 g/mol. The van der Waals surface area contributed by atoms with Crippen molar-refractivity contribution in [2.24, 2.45) is 0 Å². The number of thioether (sulfide) groups is 1. The van der Waals surface area contributed by atoms with Crippen molar-refractivity contribution in [2.45, 2.75) is 31.3 Å². The van der Waals surface area contributed by atoms with Crippen molar-refractivity contribution < 1.29 is 4.42 Å². The van der Waals surface area contributed by atoms with E-state index in [1.54, 1.807) is 11.8 Å². The largest absolute Gasteiger partial charge is 0.445 e. The molecule has 0 aliphatic heterocycles. The highest BCUT2D eigenvalue weighted by atomic mass is 35.5. The molecule has 0 aliphatic rings. The van der Waals surface area contributed by atoms with Gasteiger partial charge in [-0.1, -0.05) is 53.7 Å². The minimum Gasteiger partial charge on any atom is -0.445 e. The second-order valence-electron chi connectivity index (χ2n) is 6.14. The molecule has 0 N–H and O–H groups in total. The average molecular weight is 384 g/mol. The minimum absolute atomic E-state index is 0.639. The fraction of sp³-hybridized carbons (Fsp3) is 0.200. The Kier molecular flexibility index (Phi) is 4.74. The first-order valence-electron chi connectivity index (χ1n) is 8.35. The average Bonchev–Trinajstić information content (AvgIpc) is 3.13. The number of hydrogen-bond acceptors (Lipinski definition) is 4. The molecular formula is C20H18ClN3OS. The normalized spacial score (nSPS) is 11.3. The summed E-state index contributed by atoms with van der Waals surface area (Å²) in [6, 6.07) is 16.2. The molecule has 0 radical (unpaired) electrons. The van der Waals surface area contributed by atoms with Crippen LogP contribution in [-0.4, -0.2) is 14.5 Å². The van der Waals surface area contributed by atoms with E-state index in [1.807, 2.05) is 38.1 Å². The molecule has 0 spiro atoms. The summed E-state index contributed by atoms with van der Waals surface area (Å²) >= 11 is 7.78. The fourth-order valence-corrected chi connectivity index (χ4v) is 3.86. The van der Waals surface area contributed by atoms with Crippen molar-refractivity contribution in [3.8, 4) is 0 Å². The van der Waals surface area contributed by atoms with Crippen LogP contribution in [0.2, 0.25) is 5.02 Å². The molecule has 2 aromatic heterocycles. The van der Waals surface area contributed by atoms with Crippen LogP contribution in [-0.2, 0) is 12.3 Å². The van der Waals surface area contributed by atoms with E-state index in [9.17, 15) is 0 Å². The van der Waals surface area contributed by atoms with Gasteiger partial charge in [-0.15, -0.1) is 0 Å². The maximum Gasteiger partial charge on any atom is 0.205 e. The van der Waals surface area contributed by atoms with E-state index in [4.69, 9.17) is 21.0 Å². The predicted molar refractivity (Wildman–Crippen MR) is 106 cm³/mol. The Morgan fingerprint density at radius 2 is 1.88 bits per heavy atom. The molecular weight excluding hydrogens is 366 g/mol. The molecule has 0 unspecified atom stereocenters. The number of imidazole rings is 1. The van der Waals surface area contributed by atoms with Crippen LogP contribution >= 0.6 is 23.4 Å². The third kappa shape index (κ3) is 3.50. The molecule has 4 nitrogen and oxygen atoms in total. The summed E-state index contributed by atoms with van der Waals surface area (Å²) < 4.78 is 7.91. The Labute approximate surface area is 161 Å². The standard InChI is InChI=1S/C20H18ClN3OS/c1-13-14(2)25-19(22-13)12-26-20-23-17-10-16(21)8-9-18(17)24(20)11-15-6-4-3-5-7-15/h3-10H,11-12H2,1-2H3. The van der Waals surface area contributed by atoms with Crippen LogP contribution in [0.15, 0.2) is 58.1 Å². The molecule has 6 heteroatoms. The molecule has 0 atom stereocenters. The number of hydrogen-bond donors (Lipinski definition) is 0. The van der Waals surface area contributed by atoms with E-state index < -0.39 is 0 Å². The summed E-state index contributed by atoms with van der Waals surface area (Å²) in [5.41, 5.74) is 4.13. The van der Waals surface area contributed by atoms with Gasteiger partial charge in [-0.25, -0.2) is 9.97 Å². The highest BCUT2D eigenvalue weighted by Gasteiger charge is 2.14. The molecule has 0 saturated carbocycles. The Morgan fingerprint density at radius 3 is 2.62 bits per heavy atom. The van der Waals surface area contributed by atoms with Gasteiger partial charge < -0.3 is 8.98 Å². The van der Waals surface area contributed by atoms with Gasteiger partial charge in [0.1, 0.15) is 5.76 Å². The number of oxazole rings is 1. The fourth-order valence-electron chi connectivity index (χ4n) is 2.84. The van der Waals surface area contributed by atoms with Crippen LogP contribution in [0.4, 0.5) is 0 Å². The van der Waals surface area contributed by atoms with Crippen molar-refractivity contribution in [3.05, 3.63) is 76.5 Å². The Balaban J connectivity index is 1.68. The first kappa shape index (κ1) is 17.2. The highest BCUT2D eigenvalue weighted by Crippen LogP contribution is 2.29. The Morgan fingerprint density at radius 1 is 1.08 bits per heavy atom. The summed E-state index contributed by atoms with van der Waals surface area (Å²) in [4.78, 5) is 9.25. The van der Waals surface area contributed by atoms with Gasteiger partial charge in [0.05, 0.1) is 29.0 Å². The number of aromatic nitrogens is 3. The third-order valence-corrected chi connectivity index (χ3v) is 5.45. The van der Waals surface area contributed by atoms with Crippen LogP contribution in [0, 0.1) is 13.8 Å². The van der Waals surface area contributed by atoms with Gasteiger partial charge in [0.25, 0.3) is 0 Å². The molecule has 0 aliphatic carbocycles. The lowest BCUT2D eigenvalue weighted by molar-refractivity contribution is 0.489. The number of halogens is 1. The number of benzene rings is 2. The molecule has 0 fully saturated rings. The zero-order valence-corrected chi connectivity index (χ0v) is 16.1. The van der Waals surface area contributed by atoms with Gasteiger partial charge in [-0.2, -0.15) is 0 Å². The van der Waals surface area contributed by atoms with Gasteiger partial charge in [0.2, 0.25) is 5.89 Å². The quantitative estimate of drug-likeness (QED) is 0.418. The molecule has 0 amide bonds. The lowest BCUT2D eigenvalue weighted by Crippen LogP contribution is -2.01. The van der Waals surface area contributed by atoms with E-state index >= 15 is 0 Å². The van der Waals surface area contributed by atoms with Gasteiger partial charge in [-0.3, -0.25) is 0 Å². The number of aryl methyl sites for hydroxylation is 2. The summed E-state index contributed by atoms with van der Waals surface area (Å²) in [6.07, 6.45) is 0. The van der Waals surface area contributed by atoms with Crippen LogP contribution < -0.4 is 0 Å². The minimum atomic E-state index is 0.639. The van der Waals surface area contributed by atoms with Gasteiger partial charge >= 0.3 is 0 Å². The van der Waals surface area contributed by atoms with Crippen molar-refractivity contribution in [1.29, 1.82) is 0 Å². The highest BCUT2D eigenvalue weighted by molar-refractivity contribution is 7.98. The number of fused-ring (bicyclic) bond motifs is 1. The second-order valence-corrected chi connectivity index (χ2v) is 7.52. The van der Waals surface area contributed by atoms with Gasteiger partial charge in [0, 0.05) is 5.02 Å². The zero-order valence-electron chi connectivity index (χ0n) is 14.6. The van der Waals surface area contributed by atoms with Crippen molar-refractivity contribution in [2.75, 3.05) is 0 Å². The van der Waals surface area contributed by atoms with Gasteiger partial charge in [-0.05, 0) is 37.6 Å². The summed E-state index contributed by atoms with van der Waals surface area (Å²) in [7, 11) is 0. The van der Waals surface area contributed by atoms with Crippen LogP contribution in [0.25, 0.3) is 11.0 Å². The molecule has 0 saturated heterocycles. The summed E-state index contributed by atoms with van der Waals surface area (Å²) in [5.74, 6) is 2.23. The first-order valence-corrected chi connectivity index (χ1v) is 9.72. The van der Waals surface area contributed by atoms with Crippen molar-refractivity contribution >= 4 is 34.4 Å². The molecule has 2 heterocycles. The number of rotatable bonds is 5. The van der Waals surface area contributed by atoms with E-state index in [2.05, 4.69) is 33.8 Å². The van der Waals surface area contributed by atoms with Crippen LogP contribution in [0.5, 0.6) is 0 Å². The maximum absolute atomic E-state index is 6.15. The van der Waals surface area contributed by atoms with E-state index in [1.165, 1.54) is 5.56 Å². The van der Waals surface area contributed by atoms with E-state index in [0.29, 0.717) is 10.8 Å². The van der Waals surface area contributed by atoms with Crippen molar-refractivity contribution in [1.82, 2.24) is 14.5 Å². The van der Waals surface area contributed by atoms with Crippen molar-refractivity contribution in [3.63, 3.8) is 0 Å². The van der Waals surface area contributed by atoms with Gasteiger partial charge in [0.15, 0.2) is 5.16 Å². The second kappa shape index (κ2) is 7.17. The lowest BCUT2D eigenvalue weighted by atomic mass is 10.2. The summed E-state index contributed by atoms with van der Waals surface area (Å²) in [5, 5.41) is 1.62. The Bertz CT molecular complexity index is 1040. The molecule has 132 valence electrons. The van der Waals surface area contributed by atoms with Crippen LogP contribution in [0.3, 0.4) is 0 Å². The molecule has 26 heavy (non-hydrogen) atoms. The lowest BCUT2D eigenvalue weighted by Gasteiger charge is -2.08. The summed E-state index contributed by atoms with van der Waals surface area (Å²) in [6.45, 7) is 4.65. The number of nitrogens with zero attached hydrogens (tertiary/aromatic N) is 3. The Hall–Kier alpha value is -2.24. The molecule has 0 bridgehead atoms. The molecule has 2 aromatic carbocycles. The maximum atomic E-state index is 6.15.